The predicted molar refractivity (Wildman–Crippen MR) is 75.5 cm³/mol. The molecule has 2 N–H and O–H groups in total. The molecule has 1 amide bonds. The number of hydrogen-bond donors (Lipinski definition) is 1. The standard InChI is InChI=1S/C14H28N2O3/c1-14(2,3)11(8-9-15)6-7-12(17)16(4)10-13(18)19-5/h11H,6-10,15H2,1-5H3. The summed E-state index contributed by atoms with van der Waals surface area (Å²) in [5.41, 5.74) is 5.76. The van der Waals surface area contributed by atoms with Crippen LogP contribution in [0.15, 0.2) is 0 Å². The molecule has 0 aromatic rings. The molecule has 0 spiro atoms. The van der Waals surface area contributed by atoms with Gasteiger partial charge in [0.25, 0.3) is 0 Å². The number of rotatable bonds is 7. The van der Waals surface area contributed by atoms with Crippen molar-refractivity contribution in [1.29, 1.82) is 0 Å². The van der Waals surface area contributed by atoms with Crippen molar-refractivity contribution in [3.63, 3.8) is 0 Å². The third kappa shape index (κ3) is 7.15. The molecule has 0 aromatic carbocycles. The van der Waals surface area contributed by atoms with Crippen LogP contribution < -0.4 is 5.73 Å². The third-order valence-electron chi connectivity index (χ3n) is 3.47. The summed E-state index contributed by atoms with van der Waals surface area (Å²) in [5.74, 6) is -0.0187. The van der Waals surface area contributed by atoms with Gasteiger partial charge >= 0.3 is 5.97 Å². The van der Waals surface area contributed by atoms with Gasteiger partial charge in [0.1, 0.15) is 6.54 Å². The summed E-state index contributed by atoms with van der Waals surface area (Å²) in [5, 5.41) is 0. The summed E-state index contributed by atoms with van der Waals surface area (Å²) in [6.45, 7) is 7.13. The largest absolute Gasteiger partial charge is 0.468 e. The molecule has 5 nitrogen and oxygen atoms in total. The number of amides is 1. The average molecular weight is 272 g/mol. The van der Waals surface area contributed by atoms with Crippen LogP contribution in [-0.2, 0) is 14.3 Å². The van der Waals surface area contributed by atoms with Gasteiger partial charge in [0.15, 0.2) is 0 Å². The van der Waals surface area contributed by atoms with E-state index < -0.39 is 5.97 Å². The highest BCUT2D eigenvalue weighted by atomic mass is 16.5. The van der Waals surface area contributed by atoms with E-state index in [9.17, 15) is 9.59 Å². The SMILES string of the molecule is COC(=O)CN(C)C(=O)CCC(CCN)C(C)(C)C. The molecule has 0 saturated carbocycles. The molecule has 0 aromatic heterocycles. The second-order valence-corrected chi connectivity index (χ2v) is 6.00. The Bertz CT molecular complexity index is 298. The van der Waals surface area contributed by atoms with Crippen molar-refractivity contribution >= 4 is 11.9 Å². The van der Waals surface area contributed by atoms with Crippen LogP contribution in [0.1, 0.15) is 40.0 Å². The minimum absolute atomic E-state index is 0.00636. The predicted octanol–water partition coefficient (Wildman–Crippen LogP) is 1.41. The molecular formula is C14H28N2O3. The van der Waals surface area contributed by atoms with Crippen LogP contribution in [0, 0.1) is 11.3 Å². The lowest BCUT2D eigenvalue weighted by Crippen LogP contribution is -2.33. The first-order valence-electron chi connectivity index (χ1n) is 6.73. The molecule has 0 aliphatic rings. The van der Waals surface area contributed by atoms with Crippen LogP contribution >= 0.6 is 0 Å². The van der Waals surface area contributed by atoms with Gasteiger partial charge in [-0.1, -0.05) is 20.8 Å². The zero-order valence-corrected chi connectivity index (χ0v) is 12.9. The van der Waals surface area contributed by atoms with Gasteiger partial charge in [-0.2, -0.15) is 0 Å². The van der Waals surface area contributed by atoms with Gasteiger partial charge in [0, 0.05) is 13.5 Å². The van der Waals surface area contributed by atoms with Crippen LogP contribution in [-0.4, -0.2) is 44.0 Å². The van der Waals surface area contributed by atoms with Crippen LogP contribution in [0.4, 0.5) is 0 Å². The summed E-state index contributed by atoms with van der Waals surface area (Å²) in [6.07, 6.45) is 2.15. The Morgan fingerprint density at radius 1 is 1.26 bits per heavy atom. The summed E-state index contributed by atoms with van der Waals surface area (Å²) in [6, 6.07) is 0. The van der Waals surface area contributed by atoms with Crippen LogP contribution in [0.5, 0.6) is 0 Å². The fourth-order valence-electron chi connectivity index (χ4n) is 2.05. The fraction of sp³-hybridized carbons (Fsp3) is 0.857. The Morgan fingerprint density at radius 3 is 2.26 bits per heavy atom. The highest BCUT2D eigenvalue weighted by Crippen LogP contribution is 2.32. The Balaban J connectivity index is 4.28. The normalized spacial score (nSPS) is 12.9. The van der Waals surface area contributed by atoms with E-state index in [1.165, 1.54) is 12.0 Å². The van der Waals surface area contributed by atoms with E-state index in [2.05, 4.69) is 25.5 Å². The minimum Gasteiger partial charge on any atom is -0.468 e. The van der Waals surface area contributed by atoms with E-state index in [4.69, 9.17) is 5.73 Å². The number of hydrogen-bond acceptors (Lipinski definition) is 4. The molecule has 19 heavy (non-hydrogen) atoms. The lowest BCUT2D eigenvalue weighted by molar-refractivity contribution is -0.146. The second kappa shape index (κ2) is 8.15. The number of ether oxygens (including phenoxy) is 1. The number of nitrogens with two attached hydrogens (primary N) is 1. The first-order valence-corrected chi connectivity index (χ1v) is 6.73. The number of methoxy groups -OCH3 is 1. The van der Waals surface area contributed by atoms with Crippen LogP contribution in [0.2, 0.25) is 0 Å². The highest BCUT2D eigenvalue weighted by Gasteiger charge is 2.25. The average Bonchev–Trinajstić information content (AvgIpc) is 2.32. The molecule has 0 fully saturated rings. The first-order chi connectivity index (χ1) is 8.72. The summed E-state index contributed by atoms with van der Waals surface area (Å²) in [4.78, 5) is 24.4. The maximum absolute atomic E-state index is 11.9. The number of likely N-dealkylation sites (N-methyl/N-ethyl adjacent to an activating group) is 1. The lowest BCUT2D eigenvalue weighted by Gasteiger charge is -2.30. The summed E-state index contributed by atoms with van der Waals surface area (Å²) >= 11 is 0. The zero-order valence-electron chi connectivity index (χ0n) is 12.9. The van der Waals surface area contributed by atoms with Crippen molar-refractivity contribution < 1.29 is 14.3 Å². The number of esters is 1. The molecule has 112 valence electrons. The van der Waals surface area contributed by atoms with Crippen molar-refractivity contribution in [2.24, 2.45) is 17.1 Å². The van der Waals surface area contributed by atoms with Gasteiger partial charge in [0.05, 0.1) is 7.11 Å². The molecule has 0 aliphatic heterocycles. The lowest BCUT2D eigenvalue weighted by atomic mass is 9.76. The maximum atomic E-state index is 11.9. The third-order valence-corrected chi connectivity index (χ3v) is 3.47. The topological polar surface area (TPSA) is 72.6 Å². The minimum atomic E-state index is -0.398. The first kappa shape index (κ1) is 17.9. The Labute approximate surface area is 116 Å². The van der Waals surface area contributed by atoms with E-state index in [1.807, 2.05) is 0 Å². The molecule has 5 heteroatoms. The molecule has 1 unspecified atom stereocenters. The Morgan fingerprint density at radius 2 is 1.84 bits per heavy atom. The molecule has 0 bridgehead atoms. The molecule has 0 heterocycles. The van der Waals surface area contributed by atoms with Crippen LogP contribution in [0.3, 0.4) is 0 Å². The molecule has 1 atom stereocenters. The molecule has 0 aliphatic carbocycles. The zero-order chi connectivity index (χ0) is 15.1. The van der Waals surface area contributed by atoms with Gasteiger partial charge in [-0.25, -0.2) is 0 Å². The molecule has 0 saturated heterocycles. The summed E-state index contributed by atoms with van der Waals surface area (Å²) in [7, 11) is 2.94. The number of carbonyl (C=O) groups is 2. The molecule has 0 rings (SSSR count). The summed E-state index contributed by atoms with van der Waals surface area (Å²) < 4.78 is 4.54. The highest BCUT2D eigenvalue weighted by molar-refractivity contribution is 5.81. The molecular weight excluding hydrogens is 244 g/mol. The Kier molecular flexibility index (Phi) is 7.68. The number of nitrogens with zero attached hydrogens (tertiary/aromatic N) is 1. The van der Waals surface area contributed by atoms with E-state index in [1.54, 1.807) is 7.05 Å². The van der Waals surface area contributed by atoms with Gasteiger partial charge in [-0.05, 0) is 30.7 Å². The van der Waals surface area contributed by atoms with E-state index >= 15 is 0 Å². The van der Waals surface area contributed by atoms with E-state index in [-0.39, 0.29) is 17.9 Å². The van der Waals surface area contributed by atoms with Crippen molar-refractivity contribution in [3.8, 4) is 0 Å². The second-order valence-electron chi connectivity index (χ2n) is 6.00. The van der Waals surface area contributed by atoms with Crippen molar-refractivity contribution in [2.75, 3.05) is 27.2 Å². The number of carbonyl (C=O) groups excluding carboxylic acids is 2. The smallest absolute Gasteiger partial charge is 0.325 e. The van der Waals surface area contributed by atoms with Crippen molar-refractivity contribution in [1.82, 2.24) is 4.90 Å². The maximum Gasteiger partial charge on any atom is 0.325 e. The van der Waals surface area contributed by atoms with Gasteiger partial charge in [-0.15, -0.1) is 0 Å². The van der Waals surface area contributed by atoms with Crippen molar-refractivity contribution in [2.45, 2.75) is 40.0 Å². The van der Waals surface area contributed by atoms with E-state index in [0.717, 1.165) is 12.8 Å². The van der Waals surface area contributed by atoms with Crippen LogP contribution in [0.25, 0.3) is 0 Å². The monoisotopic (exact) mass is 272 g/mol. The Hall–Kier alpha value is -1.10. The van der Waals surface area contributed by atoms with Gasteiger partial charge in [-0.3, -0.25) is 9.59 Å². The van der Waals surface area contributed by atoms with Crippen molar-refractivity contribution in [3.05, 3.63) is 0 Å². The molecule has 0 radical (unpaired) electrons. The van der Waals surface area contributed by atoms with Gasteiger partial charge in [0.2, 0.25) is 5.91 Å². The fourth-order valence-corrected chi connectivity index (χ4v) is 2.05. The van der Waals surface area contributed by atoms with Gasteiger partial charge < -0.3 is 15.4 Å². The van der Waals surface area contributed by atoms with E-state index in [0.29, 0.717) is 18.9 Å². The quantitative estimate of drug-likeness (QED) is 0.711.